The van der Waals surface area contributed by atoms with Crippen molar-refractivity contribution in [1.82, 2.24) is 15.0 Å². The monoisotopic (exact) mass is 380 g/mol. The summed E-state index contributed by atoms with van der Waals surface area (Å²) in [5, 5.41) is 4.14. The van der Waals surface area contributed by atoms with Crippen molar-refractivity contribution in [2.24, 2.45) is 0 Å². The summed E-state index contributed by atoms with van der Waals surface area (Å²) in [4.78, 5) is 9.16. The molecule has 1 aliphatic rings. The van der Waals surface area contributed by atoms with Gasteiger partial charge in [-0.3, -0.25) is 4.90 Å². The van der Waals surface area contributed by atoms with Gasteiger partial charge in [0, 0.05) is 38.3 Å². The van der Waals surface area contributed by atoms with Crippen LogP contribution in [0.4, 0.5) is 6.01 Å². The Hall–Kier alpha value is -3.06. The zero-order chi connectivity index (χ0) is 19.3. The van der Waals surface area contributed by atoms with Gasteiger partial charge >= 0.3 is 6.01 Å². The quantitative estimate of drug-likeness (QED) is 0.651. The number of methoxy groups -OCH3 is 2. The summed E-state index contributed by atoms with van der Waals surface area (Å²) in [6.45, 7) is 4.61. The smallest absolute Gasteiger partial charge is 0.324 e. The Bertz CT molecular complexity index is 905. The molecule has 0 aliphatic carbocycles. The average Bonchev–Trinajstić information content (AvgIpc) is 3.25. The molecule has 3 aromatic rings. The molecule has 0 bridgehead atoms. The molecule has 0 radical (unpaired) electrons. The van der Waals surface area contributed by atoms with E-state index in [1.54, 1.807) is 14.2 Å². The third-order valence-electron chi connectivity index (χ3n) is 4.95. The maximum absolute atomic E-state index is 5.52. The first kappa shape index (κ1) is 18.3. The standard InChI is InChI=1S/C21H24N4O3/c1-26-18-9-8-17(14-19(18)27-2)20-22-21(28-23-20)25-12-10-24(11-13-25)15-16-6-4-3-5-7-16/h3-9,14H,10-13,15H2,1-2H3. The Morgan fingerprint density at radius 1 is 0.929 bits per heavy atom. The second kappa shape index (κ2) is 8.31. The van der Waals surface area contributed by atoms with Crippen molar-refractivity contribution in [2.45, 2.75) is 6.54 Å². The number of hydrogen-bond acceptors (Lipinski definition) is 7. The lowest BCUT2D eigenvalue weighted by molar-refractivity contribution is 0.242. The molecular formula is C21H24N4O3. The first-order chi connectivity index (χ1) is 13.8. The van der Waals surface area contributed by atoms with Gasteiger partial charge in [0.15, 0.2) is 11.5 Å². The first-order valence-corrected chi connectivity index (χ1v) is 9.34. The van der Waals surface area contributed by atoms with Gasteiger partial charge in [-0.15, -0.1) is 0 Å². The fraction of sp³-hybridized carbons (Fsp3) is 0.333. The van der Waals surface area contributed by atoms with Gasteiger partial charge in [0.25, 0.3) is 0 Å². The molecule has 0 atom stereocenters. The molecule has 2 heterocycles. The van der Waals surface area contributed by atoms with Crippen molar-refractivity contribution in [3.63, 3.8) is 0 Å². The van der Waals surface area contributed by atoms with Gasteiger partial charge < -0.3 is 18.9 Å². The predicted molar refractivity (Wildman–Crippen MR) is 107 cm³/mol. The van der Waals surface area contributed by atoms with Gasteiger partial charge in [0.05, 0.1) is 14.2 Å². The van der Waals surface area contributed by atoms with Crippen LogP contribution in [0.5, 0.6) is 11.5 Å². The highest BCUT2D eigenvalue weighted by molar-refractivity contribution is 5.61. The van der Waals surface area contributed by atoms with Crippen LogP contribution < -0.4 is 14.4 Å². The van der Waals surface area contributed by atoms with E-state index in [4.69, 9.17) is 14.0 Å². The summed E-state index contributed by atoms with van der Waals surface area (Å²) in [5.41, 5.74) is 2.17. The lowest BCUT2D eigenvalue weighted by Crippen LogP contribution is -2.46. The molecule has 0 amide bonds. The number of benzene rings is 2. The van der Waals surface area contributed by atoms with Gasteiger partial charge in [0.1, 0.15) is 0 Å². The molecule has 1 aromatic heterocycles. The normalized spacial score (nSPS) is 14.9. The van der Waals surface area contributed by atoms with E-state index in [1.165, 1.54) is 5.56 Å². The zero-order valence-electron chi connectivity index (χ0n) is 16.2. The Kier molecular flexibility index (Phi) is 5.43. The zero-order valence-corrected chi connectivity index (χ0v) is 16.2. The largest absolute Gasteiger partial charge is 0.493 e. The second-order valence-corrected chi connectivity index (χ2v) is 6.72. The van der Waals surface area contributed by atoms with Crippen LogP contribution in [-0.4, -0.2) is 55.4 Å². The van der Waals surface area contributed by atoms with Crippen LogP contribution in [0, 0.1) is 0 Å². The molecule has 28 heavy (non-hydrogen) atoms. The van der Waals surface area contributed by atoms with Crippen LogP contribution in [-0.2, 0) is 6.54 Å². The highest BCUT2D eigenvalue weighted by Gasteiger charge is 2.22. The fourth-order valence-electron chi connectivity index (χ4n) is 3.38. The first-order valence-electron chi connectivity index (χ1n) is 9.34. The molecule has 0 spiro atoms. The van der Waals surface area contributed by atoms with Crippen LogP contribution in [0.1, 0.15) is 5.56 Å². The average molecular weight is 380 g/mol. The van der Waals surface area contributed by atoms with Crippen molar-refractivity contribution in [2.75, 3.05) is 45.3 Å². The van der Waals surface area contributed by atoms with E-state index in [1.807, 2.05) is 24.3 Å². The highest BCUT2D eigenvalue weighted by atomic mass is 16.5. The van der Waals surface area contributed by atoms with E-state index in [-0.39, 0.29) is 0 Å². The Labute approximate surface area is 164 Å². The third kappa shape index (κ3) is 3.94. The number of piperazine rings is 1. The molecule has 0 saturated carbocycles. The summed E-state index contributed by atoms with van der Waals surface area (Å²) in [7, 11) is 3.22. The van der Waals surface area contributed by atoms with E-state index >= 15 is 0 Å². The predicted octanol–water partition coefficient (Wildman–Crippen LogP) is 3.08. The molecule has 1 fully saturated rings. The van der Waals surface area contributed by atoms with Gasteiger partial charge in [0.2, 0.25) is 5.82 Å². The Balaban J connectivity index is 1.40. The maximum atomic E-state index is 5.52. The molecule has 2 aromatic carbocycles. The number of nitrogens with zero attached hydrogens (tertiary/aromatic N) is 4. The van der Waals surface area contributed by atoms with Gasteiger partial charge in [-0.25, -0.2) is 0 Å². The number of rotatable bonds is 6. The van der Waals surface area contributed by atoms with Crippen molar-refractivity contribution in [3.05, 3.63) is 54.1 Å². The highest BCUT2D eigenvalue weighted by Crippen LogP contribution is 2.31. The summed E-state index contributed by atoms with van der Waals surface area (Å²) < 4.78 is 16.1. The minimum atomic E-state index is 0.544. The minimum absolute atomic E-state index is 0.544. The molecule has 7 heteroatoms. The van der Waals surface area contributed by atoms with Crippen LogP contribution in [0.3, 0.4) is 0 Å². The minimum Gasteiger partial charge on any atom is -0.493 e. The van der Waals surface area contributed by atoms with Crippen molar-refractivity contribution in [3.8, 4) is 22.9 Å². The number of aromatic nitrogens is 2. The van der Waals surface area contributed by atoms with Gasteiger partial charge in [-0.2, -0.15) is 4.98 Å². The van der Waals surface area contributed by atoms with E-state index in [0.717, 1.165) is 38.3 Å². The topological polar surface area (TPSA) is 63.9 Å². The number of hydrogen-bond donors (Lipinski definition) is 0. The van der Waals surface area contributed by atoms with E-state index < -0.39 is 0 Å². The van der Waals surface area contributed by atoms with Crippen LogP contribution in [0.2, 0.25) is 0 Å². The maximum Gasteiger partial charge on any atom is 0.324 e. The molecule has 0 unspecified atom stereocenters. The van der Waals surface area contributed by atoms with Gasteiger partial charge in [-0.1, -0.05) is 35.5 Å². The third-order valence-corrected chi connectivity index (χ3v) is 4.95. The lowest BCUT2D eigenvalue weighted by atomic mass is 10.2. The molecular weight excluding hydrogens is 356 g/mol. The SMILES string of the molecule is COc1ccc(-c2noc(N3CCN(Cc4ccccc4)CC3)n2)cc1OC. The Morgan fingerprint density at radius 3 is 2.39 bits per heavy atom. The summed E-state index contributed by atoms with van der Waals surface area (Å²) in [6.07, 6.45) is 0. The van der Waals surface area contributed by atoms with E-state index in [9.17, 15) is 0 Å². The fourth-order valence-corrected chi connectivity index (χ4v) is 3.38. The van der Waals surface area contributed by atoms with Gasteiger partial charge in [-0.05, 0) is 23.8 Å². The molecule has 1 saturated heterocycles. The van der Waals surface area contributed by atoms with Crippen molar-refractivity contribution in [1.29, 1.82) is 0 Å². The lowest BCUT2D eigenvalue weighted by Gasteiger charge is -2.33. The molecule has 146 valence electrons. The molecule has 4 rings (SSSR count). The molecule has 7 nitrogen and oxygen atoms in total. The van der Waals surface area contributed by atoms with Crippen molar-refractivity contribution < 1.29 is 14.0 Å². The summed E-state index contributed by atoms with van der Waals surface area (Å²) >= 11 is 0. The summed E-state index contributed by atoms with van der Waals surface area (Å²) in [6, 6.07) is 16.7. The molecule has 1 aliphatic heterocycles. The number of ether oxygens (including phenoxy) is 2. The van der Waals surface area contributed by atoms with E-state index in [2.05, 4.69) is 44.2 Å². The molecule has 0 N–H and O–H groups in total. The number of anilines is 1. The van der Waals surface area contributed by atoms with Crippen LogP contribution >= 0.6 is 0 Å². The van der Waals surface area contributed by atoms with Crippen LogP contribution in [0.15, 0.2) is 53.1 Å². The van der Waals surface area contributed by atoms with Crippen LogP contribution in [0.25, 0.3) is 11.4 Å². The van der Waals surface area contributed by atoms with E-state index in [0.29, 0.717) is 23.3 Å². The Morgan fingerprint density at radius 2 is 1.68 bits per heavy atom. The second-order valence-electron chi connectivity index (χ2n) is 6.72. The summed E-state index contributed by atoms with van der Waals surface area (Å²) in [5.74, 6) is 1.85. The van der Waals surface area contributed by atoms with Crippen molar-refractivity contribution >= 4 is 6.01 Å².